The van der Waals surface area contributed by atoms with Gasteiger partial charge in [0.05, 0.1) is 26.4 Å². The molecule has 26 heavy (non-hydrogen) atoms. The Morgan fingerprint density at radius 2 is 1.04 bits per heavy atom. The van der Waals surface area contributed by atoms with Crippen LogP contribution in [0, 0.1) is 0 Å². The molecule has 0 radical (unpaired) electrons. The van der Waals surface area contributed by atoms with Crippen molar-refractivity contribution in [3.8, 4) is 0 Å². The quantitative estimate of drug-likeness (QED) is 0.608. The summed E-state index contributed by atoms with van der Waals surface area (Å²) >= 11 is 0. The zero-order valence-corrected chi connectivity index (χ0v) is 14.8. The number of benzene rings is 2. The smallest absolute Gasteiger partial charge is 0.106 e. The summed E-state index contributed by atoms with van der Waals surface area (Å²) in [5, 5.41) is 18.2. The molecule has 0 unspecified atom stereocenters. The first-order chi connectivity index (χ1) is 12.8. The van der Waals surface area contributed by atoms with Gasteiger partial charge in [0, 0.05) is 0 Å². The third-order valence-corrected chi connectivity index (χ3v) is 3.76. The summed E-state index contributed by atoms with van der Waals surface area (Å²) in [5.74, 6) is 0. The maximum absolute atomic E-state index is 9.12. The minimum atomic E-state index is -0.381. The summed E-state index contributed by atoms with van der Waals surface area (Å²) < 4.78 is 12.0. The van der Waals surface area contributed by atoms with Crippen LogP contribution in [0.5, 0.6) is 0 Å². The van der Waals surface area contributed by atoms with Crippen LogP contribution in [-0.4, -0.2) is 35.6 Å². The van der Waals surface area contributed by atoms with Crippen molar-refractivity contribution in [1.29, 1.82) is 0 Å². The van der Waals surface area contributed by atoms with Crippen molar-refractivity contribution < 1.29 is 19.7 Å². The second-order valence-electron chi connectivity index (χ2n) is 5.74. The zero-order chi connectivity index (χ0) is 18.5. The molecule has 0 bridgehead atoms. The highest BCUT2D eigenvalue weighted by Crippen LogP contribution is 2.14. The Hall–Kier alpha value is -2.24. The topological polar surface area (TPSA) is 58.9 Å². The summed E-state index contributed by atoms with van der Waals surface area (Å²) in [4.78, 5) is 0. The first kappa shape index (κ1) is 20.1. The van der Waals surface area contributed by atoms with Crippen molar-refractivity contribution in [2.75, 3.05) is 13.2 Å². The van der Waals surface area contributed by atoms with Crippen molar-refractivity contribution in [2.45, 2.75) is 25.4 Å². The molecule has 138 valence electrons. The first-order valence-electron chi connectivity index (χ1n) is 8.69. The standard InChI is InChI=1S/C22H26O4/c23-15-7-13-21(25-17-19-9-3-1-4-10-19)22(14-8-16-24)26-18-20-11-5-2-6-12-20/h1-14,21-24H,15-18H2/t21-,22-/m0/s1. The molecule has 2 aromatic carbocycles. The van der Waals surface area contributed by atoms with Crippen LogP contribution in [0.4, 0.5) is 0 Å². The van der Waals surface area contributed by atoms with E-state index in [1.165, 1.54) is 0 Å². The third kappa shape index (κ3) is 7.33. The molecule has 0 spiro atoms. The Balaban J connectivity index is 2.06. The van der Waals surface area contributed by atoms with Crippen molar-refractivity contribution in [3.05, 3.63) is 96.1 Å². The summed E-state index contributed by atoms with van der Waals surface area (Å²) in [6.45, 7) is 0.722. The van der Waals surface area contributed by atoms with Gasteiger partial charge in [0.2, 0.25) is 0 Å². The number of ether oxygens (including phenoxy) is 2. The van der Waals surface area contributed by atoms with E-state index in [9.17, 15) is 0 Å². The van der Waals surface area contributed by atoms with Crippen LogP contribution in [0.15, 0.2) is 85.0 Å². The molecule has 0 amide bonds. The molecule has 4 nitrogen and oxygen atoms in total. The maximum atomic E-state index is 9.12. The minimum Gasteiger partial charge on any atom is -0.392 e. The lowest BCUT2D eigenvalue weighted by molar-refractivity contribution is -0.0424. The minimum absolute atomic E-state index is 0.0691. The number of rotatable bonds is 11. The molecule has 0 aliphatic heterocycles. The van der Waals surface area contributed by atoms with Gasteiger partial charge < -0.3 is 19.7 Å². The van der Waals surface area contributed by atoms with E-state index in [0.29, 0.717) is 13.2 Å². The number of hydrogen-bond acceptors (Lipinski definition) is 4. The van der Waals surface area contributed by atoms with Crippen LogP contribution in [-0.2, 0) is 22.7 Å². The Kier molecular flexibility index (Phi) is 9.40. The second-order valence-corrected chi connectivity index (χ2v) is 5.74. The van der Waals surface area contributed by atoms with Crippen LogP contribution >= 0.6 is 0 Å². The van der Waals surface area contributed by atoms with Gasteiger partial charge in [-0.1, -0.05) is 85.0 Å². The fraction of sp³-hybridized carbons (Fsp3) is 0.273. The second kappa shape index (κ2) is 12.2. The average Bonchev–Trinajstić information content (AvgIpc) is 2.70. The van der Waals surface area contributed by atoms with Crippen LogP contribution in [0.25, 0.3) is 0 Å². The normalized spacial score (nSPS) is 14.1. The van der Waals surface area contributed by atoms with Crippen molar-refractivity contribution in [2.24, 2.45) is 0 Å². The monoisotopic (exact) mass is 354 g/mol. The van der Waals surface area contributed by atoms with Crippen LogP contribution in [0.3, 0.4) is 0 Å². The first-order valence-corrected chi connectivity index (χ1v) is 8.69. The zero-order valence-electron chi connectivity index (χ0n) is 14.8. The van der Waals surface area contributed by atoms with E-state index in [2.05, 4.69) is 0 Å². The Bertz CT molecular complexity index is 593. The molecule has 4 heteroatoms. The summed E-state index contributed by atoms with van der Waals surface area (Å²) in [7, 11) is 0. The van der Waals surface area contributed by atoms with Crippen molar-refractivity contribution >= 4 is 0 Å². The predicted molar refractivity (Wildman–Crippen MR) is 102 cm³/mol. The lowest BCUT2D eigenvalue weighted by atomic mass is 10.1. The molecule has 2 rings (SSSR count). The van der Waals surface area contributed by atoms with E-state index in [0.717, 1.165) is 11.1 Å². The predicted octanol–water partition coefficient (Wildman–Crippen LogP) is 3.25. The van der Waals surface area contributed by atoms with E-state index in [-0.39, 0.29) is 25.4 Å². The van der Waals surface area contributed by atoms with Crippen LogP contribution < -0.4 is 0 Å². The fourth-order valence-corrected chi connectivity index (χ4v) is 2.44. The summed E-state index contributed by atoms with van der Waals surface area (Å²) in [6.07, 6.45) is 6.10. The van der Waals surface area contributed by atoms with Crippen LogP contribution in [0.1, 0.15) is 11.1 Å². The van der Waals surface area contributed by atoms with E-state index in [1.807, 2.05) is 60.7 Å². The molecule has 0 aliphatic carbocycles. The fourth-order valence-electron chi connectivity index (χ4n) is 2.44. The molecule has 0 saturated carbocycles. The lowest BCUT2D eigenvalue weighted by Crippen LogP contribution is -2.28. The van der Waals surface area contributed by atoms with E-state index in [4.69, 9.17) is 19.7 Å². The molecule has 0 heterocycles. The van der Waals surface area contributed by atoms with Gasteiger partial charge in [-0.2, -0.15) is 0 Å². The Morgan fingerprint density at radius 1 is 0.654 bits per heavy atom. The van der Waals surface area contributed by atoms with Gasteiger partial charge in [0.25, 0.3) is 0 Å². The Labute approximate surface area is 155 Å². The van der Waals surface area contributed by atoms with Gasteiger partial charge in [-0.3, -0.25) is 0 Å². The van der Waals surface area contributed by atoms with Crippen LogP contribution in [0.2, 0.25) is 0 Å². The van der Waals surface area contributed by atoms with E-state index >= 15 is 0 Å². The molecule has 0 aromatic heterocycles. The highest BCUT2D eigenvalue weighted by atomic mass is 16.5. The van der Waals surface area contributed by atoms with Gasteiger partial charge in [0.15, 0.2) is 0 Å². The van der Waals surface area contributed by atoms with Crippen molar-refractivity contribution in [3.63, 3.8) is 0 Å². The molecule has 0 saturated heterocycles. The summed E-state index contributed by atoms with van der Waals surface area (Å²) in [5.41, 5.74) is 2.12. The molecular formula is C22H26O4. The van der Waals surface area contributed by atoms with Crippen molar-refractivity contribution in [1.82, 2.24) is 0 Å². The largest absolute Gasteiger partial charge is 0.392 e. The molecule has 2 aromatic rings. The molecule has 0 fully saturated rings. The van der Waals surface area contributed by atoms with Gasteiger partial charge in [-0.15, -0.1) is 0 Å². The SMILES string of the molecule is OCC=C[C@H](OCc1ccccc1)[C@H](C=CCO)OCc1ccccc1. The van der Waals surface area contributed by atoms with Gasteiger partial charge in [-0.25, -0.2) is 0 Å². The third-order valence-electron chi connectivity index (χ3n) is 3.76. The molecule has 2 N–H and O–H groups in total. The molecular weight excluding hydrogens is 328 g/mol. The number of aliphatic hydroxyl groups is 2. The lowest BCUT2D eigenvalue weighted by Gasteiger charge is -2.23. The van der Waals surface area contributed by atoms with E-state index in [1.54, 1.807) is 24.3 Å². The highest BCUT2D eigenvalue weighted by Gasteiger charge is 2.18. The Morgan fingerprint density at radius 3 is 1.38 bits per heavy atom. The van der Waals surface area contributed by atoms with E-state index < -0.39 is 0 Å². The highest BCUT2D eigenvalue weighted by molar-refractivity contribution is 5.15. The summed E-state index contributed by atoms with van der Waals surface area (Å²) in [6, 6.07) is 19.8. The van der Waals surface area contributed by atoms with Gasteiger partial charge >= 0.3 is 0 Å². The number of hydrogen-bond donors (Lipinski definition) is 2. The molecule has 2 atom stereocenters. The molecule has 0 aliphatic rings. The average molecular weight is 354 g/mol. The maximum Gasteiger partial charge on any atom is 0.106 e. The van der Waals surface area contributed by atoms with Gasteiger partial charge in [0.1, 0.15) is 12.2 Å². The number of aliphatic hydroxyl groups excluding tert-OH is 2. The van der Waals surface area contributed by atoms with Gasteiger partial charge in [-0.05, 0) is 11.1 Å².